The van der Waals surface area contributed by atoms with Crippen LogP contribution < -0.4 is 4.80 Å². The summed E-state index contributed by atoms with van der Waals surface area (Å²) in [7, 11) is 0. The van der Waals surface area contributed by atoms with Crippen LogP contribution in [0.25, 0.3) is 10.2 Å². The number of thiazole rings is 1. The van der Waals surface area contributed by atoms with E-state index in [2.05, 4.69) is 36.9 Å². The topological polar surface area (TPSA) is 34.4 Å². The van der Waals surface area contributed by atoms with Gasteiger partial charge in [-0.3, -0.25) is 4.79 Å². The van der Waals surface area contributed by atoms with Gasteiger partial charge in [0, 0.05) is 6.42 Å². The molecule has 0 aliphatic carbocycles. The third kappa shape index (κ3) is 3.89. The fourth-order valence-corrected chi connectivity index (χ4v) is 3.84. The zero-order chi connectivity index (χ0) is 17.8. The summed E-state index contributed by atoms with van der Waals surface area (Å²) in [6, 6.07) is 14.2. The van der Waals surface area contributed by atoms with Crippen molar-refractivity contribution in [2.45, 2.75) is 33.2 Å². The molecule has 0 fully saturated rings. The molecule has 1 heterocycles. The van der Waals surface area contributed by atoms with Gasteiger partial charge >= 0.3 is 0 Å². The quantitative estimate of drug-likeness (QED) is 0.656. The Balaban J connectivity index is 1.93. The summed E-state index contributed by atoms with van der Waals surface area (Å²) in [5.41, 5.74) is 4.62. The maximum Gasteiger partial charge on any atom is 0.248 e. The highest BCUT2D eigenvalue weighted by molar-refractivity contribution is 7.16. The third-order valence-electron chi connectivity index (χ3n) is 4.24. The van der Waals surface area contributed by atoms with E-state index in [1.807, 2.05) is 34.9 Å². The molecule has 4 heteroatoms. The molecule has 0 N–H and O–H groups in total. The monoisotopic (exact) mass is 348 g/mol. The number of aromatic nitrogens is 1. The standard InChI is InChI=1S/C21H20N2OS/c1-4-12-23-18-13-15(2)16(3)14-19(18)25-21(23)22-20(24)11-10-17-8-6-5-7-9-17/h1,5-9,13-14H,10-12H2,2-3H3. The summed E-state index contributed by atoms with van der Waals surface area (Å²) in [6.07, 6.45) is 6.61. The van der Waals surface area contributed by atoms with Gasteiger partial charge < -0.3 is 4.57 Å². The average Bonchev–Trinajstić information content (AvgIpc) is 2.91. The minimum absolute atomic E-state index is 0.116. The summed E-state index contributed by atoms with van der Waals surface area (Å²) < 4.78 is 3.06. The van der Waals surface area contributed by atoms with Gasteiger partial charge in [-0.1, -0.05) is 47.6 Å². The fraction of sp³-hybridized carbons (Fsp3) is 0.238. The Hall–Kier alpha value is -2.64. The molecule has 1 aromatic heterocycles. The van der Waals surface area contributed by atoms with Crippen molar-refractivity contribution in [3.8, 4) is 12.3 Å². The first kappa shape index (κ1) is 17.2. The summed E-state index contributed by atoms with van der Waals surface area (Å²) in [5.74, 6) is 2.55. The zero-order valence-electron chi connectivity index (χ0n) is 14.5. The van der Waals surface area contributed by atoms with Gasteiger partial charge in [-0.05, 0) is 49.1 Å². The Labute approximate surface area is 151 Å². The molecule has 0 atom stereocenters. The Morgan fingerprint density at radius 3 is 2.64 bits per heavy atom. The second kappa shape index (κ2) is 7.50. The summed E-state index contributed by atoms with van der Waals surface area (Å²) in [5, 5.41) is 0. The van der Waals surface area contributed by atoms with Crippen molar-refractivity contribution >= 4 is 27.5 Å². The molecule has 3 nitrogen and oxygen atoms in total. The van der Waals surface area contributed by atoms with E-state index in [1.54, 1.807) is 0 Å². The molecule has 0 spiro atoms. The van der Waals surface area contributed by atoms with E-state index in [0.29, 0.717) is 24.2 Å². The van der Waals surface area contributed by atoms with Crippen molar-refractivity contribution in [1.29, 1.82) is 0 Å². The molecule has 0 saturated heterocycles. The molecule has 0 bridgehead atoms. The lowest BCUT2D eigenvalue weighted by Crippen LogP contribution is -2.16. The molecule has 0 unspecified atom stereocenters. The van der Waals surface area contributed by atoms with Gasteiger partial charge in [0.05, 0.1) is 16.8 Å². The average molecular weight is 348 g/mol. The van der Waals surface area contributed by atoms with E-state index < -0.39 is 0 Å². The molecule has 0 aliphatic rings. The van der Waals surface area contributed by atoms with Crippen LogP contribution in [0, 0.1) is 26.2 Å². The largest absolute Gasteiger partial charge is 0.305 e. The summed E-state index contributed by atoms with van der Waals surface area (Å²) in [4.78, 5) is 17.3. The van der Waals surface area contributed by atoms with Crippen LogP contribution in [0.1, 0.15) is 23.1 Å². The van der Waals surface area contributed by atoms with Crippen LogP contribution in [0.5, 0.6) is 0 Å². The molecule has 25 heavy (non-hydrogen) atoms. The molecule has 3 aromatic rings. The van der Waals surface area contributed by atoms with Crippen molar-refractivity contribution < 1.29 is 4.79 Å². The van der Waals surface area contributed by atoms with Crippen molar-refractivity contribution in [1.82, 2.24) is 4.57 Å². The maximum absolute atomic E-state index is 12.3. The fourth-order valence-electron chi connectivity index (χ4n) is 2.71. The van der Waals surface area contributed by atoms with E-state index in [-0.39, 0.29) is 5.91 Å². The number of hydrogen-bond donors (Lipinski definition) is 0. The first-order valence-electron chi connectivity index (χ1n) is 8.24. The number of aryl methyl sites for hydroxylation is 3. The number of nitrogens with zero attached hydrogens (tertiary/aromatic N) is 2. The van der Waals surface area contributed by atoms with Gasteiger partial charge in [0.25, 0.3) is 0 Å². The van der Waals surface area contributed by atoms with Crippen LogP contribution in [-0.4, -0.2) is 10.5 Å². The Morgan fingerprint density at radius 2 is 1.92 bits per heavy atom. The van der Waals surface area contributed by atoms with Gasteiger partial charge in [0.1, 0.15) is 0 Å². The summed E-state index contributed by atoms with van der Waals surface area (Å²) in [6.45, 7) is 4.57. The Kier molecular flexibility index (Phi) is 5.16. The molecule has 0 radical (unpaired) electrons. The number of amides is 1. The minimum atomic E-state index is -0.116. The van der Waals surface area contributed by atoms with Crippen LogP contribution in [0.3, 0.4) is 0 Å². The normalized spacial score (nSPS) is 11.6. The number of benzene rings is 2. The van der Waals surface area contributed by atoms with Crippen LogP contribution in [0.2, 0.25) is 0 Å². The predicted molar refractivity (Wildman–Crippen MR) is 103 cm³/mol. The maximum atomic E-state index is 12.3. The first-order valence-corrected chi connectivity index (χ1v) is 9.05. The van der Waals surface area contributed by atoms with Crippen LogP contribution in [0.4, 0.5) is 0 Å². The van der Waals surface area contributed by atoms with Crippen molar-refractivity contribution in [2.75, 3.05) is 0 Å². The van der Waals surface area contributed by atoms with E-state index >= 15 is 0 Å². The molecule has 126 valence electrons. The number of hydrogen-bond acceptors (Lipinski definition) is 2. The lowest BCUT2D eigenvalue weighted by molar-refractivity contribution is -0.118. The van der Waals surface area contributed by atoms with E-state index in [0.717, 1.165) is 15.8 Å². The SMILES string of the molecule is C#CCn1c(=NC(=O)CCc2ccccc2)sc2cc(C)c(C)cc21. The minimum Gasteiger partial charge on any atom is -0.305 e. The molecule has 1 amide bonds. The number of carbonyl (C=O) groups is 1. The lowest BCUT2D eigenvalue weighted by atomic mass is 10.1. The molecular weight excluding hydrogens is 328 g/mol. The predicted octanol–water partition coefficient (Wildman–Crippen LogP) is 4.01. The third-order valence-corrected chi connectivity index (χ3v) is 5.28. The molecule has 0 aliphatic heterocycles. The second-order valence-electron chi connectivity index (χ2n) is 6.07. The number of terminal acetylenes is 1. The summed E-state index contributed by atoms with van der Waals surface area (Å²) >= 11 is 1.52. The van der Waals surface area contributed by atoms with Gasteiger partial charge in [0.2, 0.25) is 5.91 Å². The zero-order valence-corrected chi connectivity index (χ0v) is 15.3. The first-order chi connectivity index (χ1) is 12.1. The number of carbonyl (C=O) groups excluding carboxylic acids is 1. The van der Waals surface area contributed by atoms with Crippen LogP contribution >= 0.6 is 11.3 Å². The number of fused-ring (bicyclic) bond motifs is 1. The highest BCUT2D eigenvalue weighted by Crippen LogP contribution is 2.22. The Morgan fingerprint density at radius 1 is 1.20 bits per heavy atom. The second-order valence-corrected chi connectivity index (χ2v) is 7.08. The number of rotatable bonds is 4. The molecular formula is C21H20N2OS. The highest BCUT2D eigenvalue weighted by Gasteiger charge is 2.09. The molecule has 3 rings (SSSR count). The molecule has 0 saturated carbocycles. The van der Waals surface area contributed by atoms with E-state index in [4.69, 9.17) is 6.42 Å². The van der Waals surface area contributed by atoms with Crippen molar-refractivity contribution in [3.63, 3.8) is 0 Å². The lowest BCUT2D eigenvalue weighted by Gasteiger charge is -2.03. The van der Waals surface area contributed by atoms with Crippen LogP contribution in [0.15, 0.2) is 47.5 Å². The van der Waals surface area contributed by atoms with Gasteiger partial charge in [-0.2, -0.15) is 4.99 Å². The van der Waals surface area contributed by atoms with Crippen LogP contribution in [-0.2, 0) is 17.8 Å². The molecule has 2 aromatic carbocycles. The van der Waals surface area contributed by atoms with Gasteiger partial charge in [0.15, 0.2) is 4.80 Å². The van der Waals surface area contributed by atoms with E-state index in [1.165, 1.54) is 22.5 Å². The van der Waals surface area contributed by atoms with Crippen molar-refractivity contribution in [3.05, 3.63) is 64.0 Å². The van der Waals surface area contributed by atoms with Crippen molar-refractivity contribution in [2.24, 2.45) is 4.99 Å². The van der Waals surface area contributed by atoms with Gasteiger partial charge in [-0.25, -0.2) is 0 Å². The van der Waals surface area contributed by atoms with E-state index in [9.17, 15) is 4.79 Å². The highest BCUT2D eigenvalue weighted by atomic mass is 32.1. The smallest absolute Gasteiger partial charge is 0.248 e. The Bertz CT molecular complexity index is 1020. The van der Waals surface area contributed by atoms with Gasteiger partial charge in [-0.15, -0.1) is 6.42 Å².